The summed E-state index contributed by atoms with van der Waals surface area (Å²) in [5.74, 6) is 0. The number of hydrogen-bond donors (Lipinski definition) is 1. The van der Waals surface area contributed by atoms with Gasteiger partial charge in [-0.25, -0.2) is 8.42 Å². The number of sulfonamides is 1. The van der Waals surface area contributed by atoms with Crippen LogP contribution in [-0.4, -0.2) is 41.0 Å². The average Bonchev–Trinajstić information content (AvgIpc) is 2.55. The highest BCUT2D eigenvalue weighted by molar-refractivity contribution is 7.89. The molecule has 0 saturated carbocycles. The van der Waals surface area contributed by atoms with Gasteiger partial charge in [-0.3, -0.25) is 4.98 Å². The quantitative estimate of drug-likeness (QED) is 0.842. The smallest absolute Gasteiger partial charge is 0.243 e. The minimum Gasteiger partial charge on any atom is -0.391 e. The molecule has 5 nitrogen and oxygen atoms in total. The normalized spacial score (nSPS) is 25.0. The third kappa shape index (κ3) is 1.96. The van der Waals surface area contributed by atoms with Gasteiger partial charge in [0.2, 0.25) is 10.0 Å². The highest BCUT2D eigenvalue weighted by Crippen LogP contribution is 2.33. The van der Waals surface area contributed by atoms with Crippen molar-refractivity contribution < 1.29 is 13.5 Å². The standard InChI is InChI=1S/C11H16N2O3S/c1-11(2)10(14)5-8-13(11)17(15,16)9-3-6-12-7-4-9/h3-4,6-7,10,14H,5,8H2,1-2H3. The number of nitrogens with zero attached hydrogens (tertiary/aromatic N) is 2. The number of hydrogen-bond acceptors (Lipinski definition) is 4. The Morgan fingerprint density at radius 2 is 2.00 bits per heavy atom. The first kappa shape index (κ1) is 12.5. The molecule has 17 heavy (non-hydrogen) atoms. The van der Waals surface area contributed by atoms with Gasteiger partial charge >= 0.3 is 0 Å². The molecule has 1 aliphatic rings. The molecule has 0 amide bonds. The van der Waals surface area contributed by atoms with Crippen LogP contribution >= 0.6 is 0 Å². The van der Waals surface area contributed by atoms with Gasteiger partial charge < -0.3 is 5.11 Å². The SMILES string of the molecule is CC1(C)C(O)CCN1S(=O)(=O)c1ccncc1. The summed E-state index contributed by atoms with van der Waals surface area (Å²) < 4.78 is 26.1. The monoisotopic (exact) mass is 256 g/mol. The van der Waals surface area contributed by atoms with Crippen LogP contribution in [0.2, 0.25) is 0 Å². The fourth-order valence-corrected chi connectivity index (χ4v) is 3.92. The highest BCUT2D eigenvalue weighted by Gasteiger charge is 2.46. The molecular formula is C11H16N2O3S. The molecule has 1 fully saturated rings. The van der Waals surface area contributed by atoms with E-state index in [0.717, 1.165) is 0 Å². The van der Waals surface area contributed by atoms with Crippen LogP contribution in [0.3, 0.4) is 0 Å². The van der Waals surface area contributed by atoms with E-state index in [0.29, 0.717) is 13.0 Å². The summed E-state index contributed by atoms with van der Waals surface area (Å²) in [6, 6.07) is 2.94. The van der Waals surface area contributed by atoms with Crippen LogP contribution in [-0.2, 0) is 10.0 Å². The molecule has 1 aromatic heterocycles. The first-order valence-electron chi connectivity index (χ1n) is 5.48. The van der Waals surface area contributed by atoms with E-state index in [9.17, 15) is 13.5 Å². The second kappa shape index (κ2) is 4.04. The lowest BCUT2D eigenvalue weighted by atomic mass is 10.0. The Hall–Kier alpha value is -0.980. The van der Waals surface area contributed by atoms with Crippen molar-refractivity contribution in [3.8, 4) is 0 Å². The minimum atomic E-state index is -3.55. The number of rotatable bonds is 2. The Balaban J connectivity index is 2.42. The maximum atomic E-state index is 12.4. The van der Waals surface area contributed by atoms with Crippen LogP contribution in [0.25, 0.3) is 0 Å². The minimum absolute atomic E-state index is 0.217. The lowest BCUT2D eigenvalue weighted by molar-refractivity contribution is 0.0901. The molecule has 1 unspecified atom stereocenters. The van der Waals surface area contributed by atoms with Crippen LogP contribution in [0.4, 0.5) is 0 Å². The van der Waals surface area contributed by atoms with E-state index in [1.54, 1.807) is 13.8 Å². The zero-order valence-electron chi connectivity index (χ0n) is 9.87. The first-order valence-corrected chi connectivity index (χ1v) is 6.92. The molecule has 0 bridgehead atoms. The molecule has 1 N–H and O–H groups in total. The molecule has 1 aliphatic heterocycles. The molecule has 0 aromatic carbocycles. The summed E-state index contributed by atoms with van der Waals surface area (Å²) in [5, 5.41) is 9.82. The Morgan fingerprint density at radius 1 is 1.41 bits per heavy atom. The summed E-state index contributed by atoms with van der Waals surface area (Å²) in [6.45, 7) is 3.83. The molecule has 6 heteroatoms. The number of pyridine rings is 1. The van der Waals surface area contributed by atoms with E-state index < -0.39 is 21.7 Å². The van der Waals surface area contributed by atoms with Crippen LogP contribution < -0.4 is 0 Å². The fraction of sp³-hybridized carbons (Fsp3) is 0.545. The van der Waals surface area contributed by atoms with Crippen LogP contribution in [0, 0.1) is 0 Å². The molecular weight excluding hydrogens is 240 g/mol. The Labute approximate surface area is 101 Å². The summed E-state index contributed by atoms with van der Waals surface area (Å²) in [4.78, 5) is 4.02. The lowest BCUT2D eigenvalue weighted by Gasteiger charge is -2.32. The maximum absolute atomic E-state index is 12.4. The molecule has 1 aromatic rings. The molecule has 0 radical (unpaired) electrons. The first-order chi connectivity index (χ1) is 7.87. The Bertz CT molecular complexity index is 499. The van der Waals surface area contributed by atoms with Crippen LogP contribution in [0.1, 0.15) is 20.3 Å². The Morgan fingerprint density at radius 3 is 2.47 bits per heavy atom. The largest absolute Gasteiger partial charge is 0.391 e. The van der Waals surface area contributed by atoms with E-state index >= 15 is 0 Å². The van der Waals surface area contributed by atoms with Gasteiger partial charge in [0.25, 0.3) is 0 Å². The zero-order valence-corrected chi connectivity index (χ0v) is 10.7. The third-order valence-corrected chi connectivity index (χ3v) is 5.40. The van der Waals surface area contributed by atoms with Crippen molar-refractivity contribution >= 4 is 10.0 Å². The van der Waals surface area contributed by atoms with Crippen molar-refractivity contribution in [1.82, 2.24) is 9.29 Å². The summed E-state index contributed by atoms with van der Waals surface area (Å²) in [6.07, 6.45) is 2.75. The van der Waals surface area contributed by atoms with E-state index in [1.165, 1.54) is 28.8 Å². The summed E-state index contributed by atoms with van der Waals surface area (Å²) >= 11 is 0. The molecule has 2 heterocycles. The molecule has 0 aliphatic carbocycles. The molecule has 0 spiro atoms. The third-order valence-electron chi connectivity index (χ3n) is 3.30. The van der Waals surface area contributed by atoms with Gasteiger partial charge in [0.05, 0.1) is 16.5 Å². The maximum Gasteiger partial charge on any atom is 0.243 e. The van der Waals surface area contributed by atoms with Gasteiger partial charge in [-0.05, 0) is 32.4 Å². The second-order valence-electron chi connectivity index (χ2n) is 4.72. The van der Waals surface area contributed by atoms with Crippen LogP contribution in [0.5, 0.6) is 0 Å². The Kier molecular flexibility index (Phi) is 2.97. The van der Waals surface area contributed by atoms with E-state index in [4.69, 9.17) is 0 Å². The predicted molar refractivity (Wildman–Crippen MR) is 62.8 cm³/mol. The van der Waals surface area contributed by atoms with Gasteiger partial charge in [0.1, 0.15) is 0 Å². The highest BCUT2D eigenvalue weighted by atomic mass is 32.2. The fourth-order valence-electron chi connectivity index (χ4n) is 2.11. The van der Waals surface area contributed by atoms with E-state index in [1.807, 2.05) is 0 Å². The van der Waals surface area contributed by atoms with Crippen LogP contribution in [0.15, 0.2) is 29.4 Å². The van der Waals surface area contributed by atoms with Gasteiger partial charge in [0.15, 0.2) is 0 Å². The van der Waals surface area contributed by atoms with Gasteiger partial charge in [-0.15, -0.1) is 0 Å². The number of aliphatic hydroxyl groups is 1. The van der Waals surface area contributed by atoms with Gasteiger partial charge in [-0.2, -0.15) is 4.31 Å². The van der Waals surface area contributed by atoms with Crippen molar-refractivity contribution in [2.75, 3.05) is 6.54 Å². The molecule has 2 rings (SSSR count). The van der Waals surface area contributed by atoms with Gasteiger partial charge in [0, 0.05) is 18.9 Å². The van der Waals surface area contributed by atoms with E-state index in [2.05, 4.69) is 4.98 Å². The predicted octanol–water partition coefficient (Wildman–Crippen LogP) is 0.615. The van der Waals surface area contributed by atoms with Gasteiger partial charge in [-0.1, -0.05) is 0 Å². The second-order valence-corrected chi connectivity index (χ2v) is 6.58. The summed E-state index contributed by atoms with van der Waals surface area (Å²) in [5.41, 5.74) is -0.762. The van der Waals surface area contributed by atoms with Crippen molar-refractivity contribution in [3.05, 3.63) is 24.5 Å². The number of aliphatic hydroxyl groups excluding tert-OH is 1. The summed E-state index contributed by atoms with van der Waals surface area (Å²) in [7, 11) is -3.55. The van der Waals surface area contributed by atoms with E-state index in [-0.39, 0.29) is 4.90 Å². The van der Waals surface area contributed by atoms with Crippen molar-refractivity contribution in [1.29, 1.82) is 0 Å². The zero-order chi connectivity index (χ0) is 12.7. The molecule has 94 valence electrons. The average molecular weight is 256 g/mol. The molecule has 1 atom stereocenters. The van der Waals surface area contributed by atoms with Crippen molar-refractivity contribution in [2.45, 2.75) is 36.8 Å². The van der Waals surface area contributed by atoms with Crippen molar-refractivity contribution in [2.24, 2.45) is 0 Å². The lowest BCUT2D eigenvalue weighted by Crippen LogP contribution is -2.47. The molecule has 1 saturated heterocycles. The van der Waals surface area contributed by atoms with Crippen molar-refractivity contribution in [3.63, 3.8) is 0 Å². The topological polar surface area (TPSA) is 70.5 Å². The number of aromatic nitrogens is 1.